The molecule has 3 aromatic rings. The lowest BCUT2D eigenvalue weighted by molar-refractivity contribution is -0.132. The van der Waals surface area contributed by atoms with Crippen molar-refractivity contribution in [1.82, 2.24) is 10.1 Å². The SMILES string of the molecule is CCCCC1=NC2(CCCCC2)C(=O)N1Cc1ccc(-c2ccccc2S(=O)(=O)Nc2noc(C)c2Cl)c(COCC)c1. The van der Waals surface area contributed by atoms with Crippen LogP contribution in [0, 0.1) is 6.92 Å². The summed E-state index contributed by atoms with van der Waals surface area (Å²) in [7, 11) is -4.07. The molecule has 0 atom stereocenters. The van der Waals surface area contributed by atoms with Gasteiger partial charge in [0, 0.05) is 18.6 Å². The molecular formula is C32H39ClN4O5S. The molecule has 0 saturated heterocycles. The third-order valence-corrected chi connectivity index (χ3v) is 10.0. The minimum Gasteiger partial charge on any atom is -0.377 e. The zero-order chi connectivity index (χ0) is 30.6. The molecule has 230 valence electrons. The summed E-state index contributed by atoms with van der Waals surface area (Å²) in [6.07, 6.45) is 7.60. The smallest absolute Gasteiger partial charge is 0.263 e. The van der Waals surface area contributed by atoms with Gasteiger partial charge >= 0.3 is 0 Å². The number of anilines is 1. The van der Waals surface area contributed by atoms with Crippen LogP contribution in [0.3, 0.4) is 0 Å². The van der Waals surface area contributed by atoms with Crippen LogP contribution >= 0.6 is 11.6 Å². The average Bonchev–Trinajstić information content (AvgIpc) is 3.45. The average molecular weight is 627 g/mol. The number of amides is 1. The summed E-state index contributed by atoms with van der Waals surface area (Å²) in [5, 5.41) is 3.86. The lowest BCUT2D eigenvalue weighted by Gasteiger charge is -2.30. The van der Waals surface area contributed by atoms with Crippen LogP contribution in [0.25, 0.3) is 11.1 Å². The molecule has 0 unspecified atom stereocenters. The molecule has 9 nitrogen and oxygen atoms in total. The van der Waals surface area contributed by atoms with Gasteiger partial charge in [-0.25, -0.2) is 8.42 Å². The molecule has 0 radical (unpaired) electrons. The Labute approximate surface area is 258 Å². The van der Waals surface area contributed by atoms with Crippen molar-refractivity contribution >= 4 is 39.2 Å². The number of carbonyl (C=O) groups excluding carboxylic acids is 1. The maximum Gasteiger partial charge on any atom is 0.263 e. The first-order valence-corrected chi connectivity index (χ1v) is 16.9. The number of aromatic nitrogens is 1. The Balaban J connectivity index is 1.48. The molecule has 11 heteroatoms. The van der Waals surface area contributed by atoms with E-state index in [0.29, 0.717) is 24.5 Å². The van der Waals surface area contributed by atoms with Gasteiger partial charge in [0.05, 0.1) is 18.0 Å². The van der Waals surface area contributed by atoms with Crippen LogP contribution in [0.5, 0.6) is 0 Å². The van der Waals surface area contributed by atoms with Gasteiger partial charge in [-0.05, 0) is 55.9 Å². The minimum atomic E-state index is -4.07. The van der Waals surface area contributed by atoms with E-state index in [0.717, 1.165) is 73.9 Å². The fourth-order valence-corrected chi connectivity index (χ4v) is 7.33. The molecular weight excluding hydrogens is 588 g/mol. The number of nitrogens with zero attached hydrogens (tertiary/aromatic N) is 3. The van der Waals surface area contributed by atoms with Crippen molar-refractivity contribution in [2.24, 2.45) is 4.99 Å². The van der Waals surface area contributed by atoms with Crippen LogP contribution in [0.2, 0.25) is 5.02 Å². The molecule has 2 aliphatic rings. The monoisotopic (exact) mass is 626 g/mol. The number of carbonyl (C=O) groups is 1. The highest BCUT2D eigenvalue weighted by molar-refractivity contribution is 7.92. The first-order valence-electron chi connectivity index (χ1n) is 15.0. The van der Waals surface area contributed by atoms with Gasteiger partial charge in [-0.1, -0.05) is 85.8 Å². The molecule has 1 N–H and O–H groups in total. The van der Waals surface area contributed by atoms with E-state index in [9.17, 15) is 13.2 Å². The van der Waals surface area contributed by atoms with Crippen LogP contribution in [-0.4, -0.2) is 42.4 Å². The summed E-state index contributed by atoms with van der Waals surface area (Å²) < 4.78 is 40.4. The molecule has 1 spiro atoms. The first-order chi connectivity index (χ1) is 20.7. The predicted octanol–water partition coefficient (Wildman–Crippen LogP) is 7.27. The van der Waals surface area contributed by atoms with Gasteiger partial charge in [0.2, 0.25) is 5.82 Å². The Morgan fingerprint density at radius 2 is 1.86 bits per heavy atom. The zero-order valence-electron chi connectivity index (χ0n) is 25.0. The lowest BCUT2D eigenvalue weighted by Crippen LogP contribution is -2.43. The van der Waals surface area contributed by atoms with Gasteiger partial charge < -0.3 is 9.26 Å². The van der Waals surface area contributed by atoms with Gasteiger partial charge in [0.25, 0.3) is 15.9 Å². The Morgan fingerprint density at radius 3 is 2.56 bits per heavy atom. The number of rotatable bonds is 12. The standard InChI is InChI=1S/C32H39ClN4O5S/c1-4-6-14-28-34-32(17-10-7-11-18-32)31(38)37(28)20-23-15-16-25(24(19-23)21-41-5-2)26-12-8-9-13-27(26)43(39,40)36-30-29(33)22(3)42-35-30/h8-9,12-13,15-16,19H,4-7,10-11,14,17-18,20-21H2,1-3H3,(H,35,36). The highest BCUT2D eigenvalue weighted by atomic mass is 35.5. The number of sulfonamides is 1. The van der Waals surface area contributed by atoms with Gasteiger partial charge in [-0.2, -0.15) is 0 Å². The predicted molar refractivity (Wildman–Crippen MR) is 168 cm³/mol. The fraction of sp³-hybridized carbons (Fsp3) is 0.469. The largest absolute Gasteiger partial charge is 0.377 e. The number of unbranched alkanes of at least 4 members (excludes halogenated alkanes) is 1. The number of benzene rings is 2. The topological polar surface area (TPSA) is 114 Å². The maximum absolute atomic E-state index is 13.8. The van der Waals surface area contributed by atoms with Crippen LogP contribution in [0.1, 0.15) is 82.1 Å². The van der Waals surface area contributed by atoms with Crippen LogP contribution < -0.4 is 4.72 Å². The van der Waals surface area contributed by atoms with E-state index in [1.54, 1.807) is 31.2 Å². The van der Waals surface area contributed by atoms with Crippen molar-refractivity contribution in [1.29, 1.82) is 0 Å². The summed E-state index contributed by atoms with van der Waals surface area (Å²) in [5.74, 6) is 1.24. The Kier molecular flexibility index (Phi) is 9.58. The number of nitrogens with one attached hydrogen (secondary N) is 1. The molecule has 2 heterocycles. The van der Waals surface area contributed by atoms with Crippen molar-refractivity contribution < 1.29 is 22.5 Å². The van der Waals surface area contributed by atoms with Crippen LogP contribution in [-0.2, 0) is 32.7 Å². The van der Waals surface area contributed by atoms with E-state index in [-0.39, 0.29) is 28.3 Å². The van der Waals surface area contributed by atoms with Gasteiger partial charge in [0.15, 0.2) is 5.76 Å². The highest BCUT2D eigenvalue weighted by Gasteiger charge is 2.48. The number of halogens is 1. The Bertz CT molecular complexity index is 1610. The lowest BCUT2D eigenvalue weighted by atomic mass is 9.82. The van der Waals surface area contributed by atoms with E-state index >= 15 is 0 Å². The van der Waals surface area contributed by atoms with Crippen molar-refractivity contribution in [2.75, 3.05) is 11.3 Å². The van der Waals surface area contributed by atoms with Gasteiger partial charge in [0.1, 0.15) is 16.4 Å². The number of hydrogen-bond donors (Lipinski definition) is 1. The first kappa shape index (κ1) is 31.2. The summed E-state index contributed by atoms with van der Waals surface area (Å²) in [4.78, 5) is 20.8. The Hall–Kier alpha value is -3.21. The second kappa shape index (κ2) is 13.2. The van der Waals surface area contributed by atoms with E-state index in [1.807, 2.05) is 30.0 Å². The highest BCUT2D eigenvalue weighted by Crippen LogP contribution is 2.39. The number of hydrogen-bond acceptors (Lipinski definition) is 7. The zero-order valence-corrected chi connectivity index (χ0v) is 26.6. The second-order valence-corrected chi connectivity index (χ2v) is 13.3. The van der Waals surface area contributed by atoms with Gasteiger partial charge in [-0.3, -0.25) is 19.4 Å². The third kappa shape index (κ3) is 6.51. The van der Waals surface area contributed by atoms with Gasteiger partial charge in [-0.15, -0.1) is 0 Å². The summed E-state index contributed by atoms with van der Waals surface area (Å²) >= 11 is 6.19. The van der Waals surface area contributed by atoms with Crippen LogP contribution in [0.4, 0.5) is 5.82 Å². The fourth-order valence-electron chi connectivity index (χ4n) is 5.93. The summed E-state index contributed by atoms with van der Waals surface area (Å²) in [5.41, 5.74) is 2.38. The number of amidine groups is 1. The number of aryl methyl sites for hydroxylation is 1. The van der Waals surface area contributed by atoms with Crippen molar-refractivity contribution in [3.8, 4) is 11.1 Å². The maximum atomic E-state index is 13.8. The molecule has 43 heavy (non-hydrogen) atoms. The molecule has 2 aromatic carbocycles. The van der Waals surface area contributed by atoms with Crippen molar-refractivity contribution in [3.63, 3.8) is 0 Å². The molecule has 1 aromatic heterocycles. The molecule has 1 fully saturated rings. The van der Waals surface area contributed by atoms with E-state index in [4.69, 9.17) is 25.9 Å². The molecule has 0 bridgehead atoms. The van der Waals surface area contributed by atoms with E-state index < -0.39 is 15.6 Å². The van der Waals surface area contributed by atoms with E-state index in [1.165, 1.54) is 0 Å². The number of aliphatic imine (C=N–C) groups is 1. The molecule has 1 saturated carbocycles. The normalized spacial score (nSPS) is 16.6. The number of ether oxygens (including phenoxy) is 1. The molecule has 5 rings (SSSR count). The van der Waals surface area contributed by atoms with E-state index in [2.05, 4.69) is 16.8 Å². The molecule has 1 aliphatic heterocycles. The van der Waals surface area contributed by atoms with Crippen molar-refractivity contribution in [2.45, 2.75) is 95.7 Å². The Morgan fingerprint density at radius 1 is 1.09 bits per heavy atom. The summed E-state index contributed by atoms with van der Waals surface area (Å²) in [6, 6.07) is 12.6. The second-order valence-electron chi connectivity index (χ2n) is 11.2. The quantitative estimate of drug-likeness (QED) is 0.226. The molecule has 1 aliphatic carbocycles. The van der Waals surface area contributed by atoms with Crippen molar-refractivity contribution in [3.05, 3.63) is 64.4 Å². The minimum absolute atomic E-state index is 0.0644. The third-order valence-electron chi connectivity index (χ3n) is 8.19. The van der Waals surface area contributed by atoms with Crippen LogP contribution in [0.15, 0.2) is 56.9 Å². The summed E-state index contributed by atoms with van der Waals surface area (Å²) in [6.45, 7) is 6.85. The molecule has 1 amide bonds.